The maximum absolute atomic E-state index is 9.22. The van der Waals surface area contributed by atoms with Crippen molar-refractivity contribution in [3.63, 3.8) is 0 Å². The van der Waals surface area contributed by atoms with E-state index >= 15 is 0 Å². The summed E-state index contributed by atoms with van der Waals surface area (Å²) < 4.78 is 5.63. The molecule has 0 atom stereocenters. The van der Waals surface area contributed by atoms with Crippen LogP contribution in [0.1, 0.15) is 5.56 Å². The molecule has 94 valence electrons. The largest absolute Gasteiger partial charge is 0.457 e. The predicted octanol–water partition coefficient (Wildman–Crippen LogP) is 4.93. The topological polar surface area (TPSA) is 29.5 Å². The van der Waals surface area contributed by atoms with E-state index in [2.05, 4.69) is 0 Å². The summed E-state index contributed by atoms with van der Waals surface area (Å²) in [5.74, 6) is 1.02. The number of halogens is 3. The Hall–Kier alpha value is -0.930. The van der Waals surface area contributed by atoms with Crippen LogP contribution in [0.3, 0.4) is 0 Å². The van der Waals surface area contributed by atoms with Crippen molar-refractivity contribution < 1.29 is 9.84 Å². The first kappa shape index (κ1) is 13.5. The molecule has 0 aliphatic rings. The SMILES string of the molecule is OCc1ccc(Cl)cc1Oc1ccc(Cl)c(Cl)c1. The molecule has 0 aliphatic carbocycles. The second-order valence-corrected chi connectivity index (χ2v) is 4.84. The van der Waals surface area contributed by atoms with Gasteiger partial charge in [0.1, 0.15) is 11.5 Å². The molecule has 0 fully saturated rings. The number of hydrogen-bond acceptors (Lipinski definition) is 2. The van der Waals surface area contributed by atoms with Gasteiger partial charge in [-0.1, -0.05) is 40.9 Å². The third-order valence-corrected chi connectivity index (χ3v) is 3.29. The van der Waals surface area contributed by atoms with Gasteiger partial charge in [-0.25, -0.2) is 0 Å². The van der Waals surface area contributed by atoms with Crippen molar-refractivity contribution in [1.82, 2.24) is 0 Å². The third kappa shape index (κ3) is 3.09. The van der Waals surface area contributed by atoms with Gasteiger partial charge in [-0.3, -0.25) is 0 Å². The van der Waals surface area contributed by atoms with Crippen LogP contribution in [0.4, 0.5) is 0 Å². The zero-order chi connectivity index (χ0) is 13.1. The fourth-order valence-electron chi connectivity index (χ4n) is 1.42. The van der Waals surface area contributed by atoms with E-state index in [4.69, 9.17) is 39.5 Å². The molecule has 5 heteroatoms. The summed E-state index contributed by atoms with van der Waals surface area (Å²) in [5.41, 5.74) is 0.644. The van der Waals surface area contributed by atoms with Crippen LogP contribution in [0.2, 0.25) is 15.1 Å². The number of ether oxygens (including phenoxy) is 1. The highest BCUT2D eigenvalue weighted by atomic mass is 35.5. The summed E-state index contributed by atoms with van der Waals surface area (Å²) in [6, 6.07) is 9.96. The first-order valence-corrected chi connectivity index (χ1v) is 6.25. The highest BCUT2D eigenvalue weighted by Gasteiger charge is 2.07. The Morgan fingerprint density at radius 2 is 1.72 bits per heavy atom. The number of aliphatic hydroxyl groups is 1. The van der Waals surface area contributed by atoms with Crippen LogP contribution in [-0.2, 0) is 6.61 Å². The van der Waals surface area contributed by atoms with E-state index in [1.165, 1.54) is 0 Å². The van der Waals surface area contributed by atoms with Crippen molar-refractivity contribution in [2.45, 2.75) is 6.61 Å². The van der Waals surface area contributed by atoms with Gasteiger partial charge >= 0.3 is 0 Å². The van der Waals surface area contributed by atoms with Crippen molar-refractivity contribution in [3.05, 3.63) is 57.0 Å². The molecular formula is C13H9Cl3O2. The van der Waals surface area contributed by atoms with Gasteiger partial charge in [0.05, 0.1) is 16.7 Å². The molecule has 2 rings (SSSR count). The molecule has 0 saturated heterocycles. The molecule has 18 heavy (non-hydrogen) atoms. The summed E-state index contributed by atoms with van der Waals surface area (Å²) in [4.78, 5) is 0. The Kier molecular flexibility index (Phi) is 4.36. The van der Waals surface area contributed by atoms with E-state index in [9.17, 15) is 5.11 Å². The first-order chi connectivity index (χ1) is 8.60. The van der Waals surface area contributed by atoms with Crippen molar-refractivity contribution in [3.8, 4) is 11.5 Å². The van der Waals surface area contributed by atoms with Gasteiger partial charge in [0.25, 0.3) is 0 Å². The summed E-state index contributed by atoms with van der Waals surface area (Å²) in [6.45, 7) is -0.131. The molecule has 1 N–H and O–H groups in total. The summed E-state index contributed by atoms with van der Waals surface area (Å²) >= 11 is 17.6. The van der Waals surface area contributed by atoms with Gasteiger partial charge in [0, 0.05) is 16.7 Å². The van der Waals surface area contributed by atoms with Crippen molar-refractivity contribution in [1.29, 1.82) is 0 Å². The number of hydrogen-bond donors (Lipinski definition) is 1. The second-order valence-electron chi connectivity index (χ2n) is 3.59. The van der Waals surface area contributed by atoms with Crippen LogP contribution < -0.4 is 4.74 Å². The van der Waals surface area contributed by atoms with Gasteiger partial charge in [-0.2, -0.15) is 0 Å². The highest BCUT2D eigenvalue weighted by Crippen LogP contribution is 2.32. The molecular weight excluding hydrogens is 294 g/mol. The van der Waals surface area contributed by atoms with Gasteiger partial charge in [0.15, 0.2) is 0 Å². The van der Waals surface area contributed by atoms with Gasteiger partial charge in [0.2, 0.25) is 0 Å². The lowest BCUT2D eigenvalue weighted by Gasteiger charge is -2.10. The fraction of sp³-hybridized carbons (Fsp3) is 0.0769. The molecule has 0 spiro atoms. The van der Waals surface area contributed by atoms with E-state index in [0.29, 0.717) is 32.1 Å². The molecule has 0 bridgehead atoms. The van der Waals surface area contributed by atoms with E-state index in [1.54, 1.807) is 36.4 Å². The number of rotatable bonds is 3. The molecule has 0 heterocycles. The summed E-state index contributed by atoms with van der Waals surface area (Å²) in [5, 5.41) is 10.6. The predicted molar refractivity (Wildman–Crippen MR) is 73.9 cm³/mol. The maximum atomic E-state index is 9.22. The summed E-state index contributed by atoms with van der Waals surface area (Å²) in [7, 11) is 0. The van der Waals surface area contributed by atoms with Gasteiger partial charge < -0.3 is 9.84 Å². The number of aliphatic hydroxyl groups excluding tert-OH is 1. The Balaban J connectivity index is 2.33. The molecule has 0 aromatic heterocycles. The first-order valence-electron chi connectivity index (χ1n) is 5.12. The molecule has 2 nitrogen and oxygen atoms in total. The minimum absolute atomic E-state index is 0.131. The Morgan fingerprint density at radius 1 is 0.944 bits per heavy atom. The van der Waals surface area contributed by atoms with Crippen LogP contribution in [0.25, 0.3) is 0 Å². The lowest BCUT2D eigenvalue weighted by molar-refractivity contribution is 0.276. The second kappa shape index (κ2) is 5.81. The van der Waals surface area contributed by atoms with Gasteiger partial charge in [-0.15, -0.1) is 0 Å². The highest BCUT2D eigenvalue weighted by molar-refractivity contribution is 6.42. The van der Waals surface area contributed by atoms with Crippen LogP contribution >= 0.6 is 34.8 Å². The van der Waals surface area contributed by atoms with E-state index in [1.807, 2.05) is 0 Å². The average molecular weight is 304 g/mol. The smallest absolute Gasteiger partial charge is 0.134 e. The minimum atomic E-state index is -0.131. The molecule has 0 amide bonds. The molecule has 2 aromatic carbocycles. The molecule has 0 unspecified atom stereocenters. The maximum Gasteiger partial charge on any atom is 0.134 e. The van der Waals surface area contributed by atoms with E-state index in [-0.39, 0.29) is 6.61 Å². The van der Waals surface area contributed by atoms with Crippen LogP contribution in [0.15, 0.2) is 36.4 Å². The van der Waals surface area contributed by atoms with Crippen LogP contribution in [0.5, 0.6) is 11.5 Å². The molecule has 0 saturated carbocycles. The standard InChI is InChI=1S/C13H9Cl3O2/c14-9-2-1-8(7-17)13(5-9)18-10-3-4-11(15)12(16)6-10/h1-6,17H,7H2. The quantitative estimate of drug-likeness (QED) is 0.871. The third-order valence-electron chi connectivity index (χ3n) is 2.32. The Bertz CT molecular complexity index is 570. The fourth-order valence-corrected chi connectivity index (χ4v) is 1.87. The van der Waals surface area contributed by atoms with Crippen molar-refractivity contribution in [2.75, 3.05) is 0 Å². The zero-order valence-corrected chi connectivity index (χ0v) is 11.4. The molecule has 0 aliphatic heterocycles. The van der Waals surface area contributed by atoms with Crippen LogP contribution in [0, 0.1) is 0 Å². The Morgan fingerprint density at radius 3 is 2.39 bits per heavy atom. The molecule has 0 radical (unpaired) electrons. The lowest BCUT2D eigenvalue weighted by atomic mass is 10.2. The monoisotopic (exact) mass is 302 g/mol. The van der Waals surface area contributed by atoms with Gasteiger partial charge in [-0.05, 0) is 24.3 Å². The van der Waals surface area contributed by atoms with Crippen LogP contribution in [-0.4, -0.2) is 5.11 Å². The zero-order valence-electron chi connectivity index (χ0n) is 9.16. The number of benzene rings is 2. The molecule has 2 aromatic rings. The minimum Gasteiger partial charge on any atom is -0.457 e. The summed E-state index contributed by atoms with van der Waals surface area (Å²) in [6.07, 6.45) is 0. The van der Waals surface area contributed by atoms with E-state index in [0.717, 1.165) is 0 Å². The van der Waals surface area contributed by atoms with Crippen molar-refractivity contribution >= 4 is 34.8 Å². The Labute approximate surface area is 120 Å². The van der Waals surface area contributed by atoms with E-state index < -0.39 is 0 Å². The average Bonchev–Trinajstić information content (AvgIpc) is 2.34. The van der Waals surface area contributed by atoms with Crippen molar-refractivity contribution in [2.24, 2.45) is 0 Å². The normalized spacial score (nSPS) is 10.4. The lowest BCUT2D eigenvalue weighted by Crippen LogP contribution is -1.91.